The summed E-state index contributed by atoms with van der Waals surface area (Å²) in [5.41, 5.74) is -0.134. The first-order valence-corrected chi connectivity index (χ1v) is 5.78. The minimum absolute atomic E-state index is 0.0245. The molecule has 0 aliphatic carbocycles. The first-order valence-electron chi connectivity index (χ1n) is 5.78. The second kappa shape index (κ2) is 5.19. The highest BCUT2D eigenvalue weighted by molar-refractivity contribution is 5.67. The molecular weight excluding hydrogens is 254 g/mol. The lowest BCUT2D eigenvalue weighted by Crippen LogP contribution is -2.41. The van der Waals surface area contributed by atoms with Crippen molar-refractivity contribution in [2.24, 2.45) is 0 Å². The molecule has 1 fully saturated rings. The molecule has 1 atom stereocenters. The van der Waals surface area contributed by atoms with Crippen LogP contribution in [0.2, 0.25) is 0 Å². The van der Waals surface area contributed by atoms with Crippen LogP contribution in [0.3, 0.4) is 0 Å². The number of nitro benzene ring substituents is 2. The number of hydrogen-bond acceptors (Lipinski definition) is 6. The Balaban J connectivity index is 2.38. The van der Waals surface area contributed by atoms with Crippen LogP contribution in [0.5, 0.6) is 0 Å². The molecule has 8 nitrogen and oxygen atoms in total. The summed E-state index contributed by atoms with van der Waals surface area (Å²) in [5.74, 6) is 0. The molecule has 102 valence electrons. The van der Waals surface area contributed by atoms with Gasteiger partial charge >= 0.3 is 0 Å². The lowest BCUT2D eigenvalue weighted by molar-refractivity contribution is -0.393. The average molecular weight is 267 g/mol. The molecule has 19 heavy (non-hydrogen) atoms. The maximum absolute atomic E-state index is 11.0. The van der Waals surface area contributed by atoms with E-state index < -0.39 is 9.85 Å². The van der Waals surface area contributed by atoms with Gasteiger partial charge in [-0.05, 0) is 13.0 Å². The predicted octanol–water partition coefficient (Wildman–Crippen LogP) is 1.73. The van der Waals surface area contributed by atoms with Gasteiger partial charge in [0.05, 0.1) is 28.6 Å². The van der Waals surface area contributed by atoms with Crippen molar-refractivity contribution in [3.63, 3.8) is 0 Å². The van der Waals surface area contributed by atoms with Gasteiger partial charge < -0.3 is 9.64 Å². The van der Waals surface area contributed by atoms with Crippen LogP contribution >= 0.6 is 0 Å². The molecule has 0 spiro atoms. The fourth-order valence-corrected chi connectivity index (χ4v) is 2.08. The molecule has 0 saturated carbocycles. The zero-order valence-electron chi connectivity index (χ0n) is 10.3. The number of rotatable bonds is 3. The van der Waals surface area contributed by atoms with Crippen molar-refractivity contribution in [1.29, 1.82) is 0 Å². The third-order valence-electron chi connectivity index (χ3n) is 2.95. The van der Waals surface area contributed by atoms with Crippen molar-refractivity contribution in [1.82, 2.24) is 0 Å². The van der Waals surface area contributed by atoms with E-state index in [1.165, 1.54) is 12.1 Å². The summed E-state index contributed by atoms with van der Waals surface area (Å²) in [6.07, 6.45) is -0.0245. The number of hydrogen-bond donors (Lipinski definition) is 0. The van der Waals surface area contributed by atoms with Gasteiger partial charge in [0, 0.05) is 19.2 Å². The number of non-ortho nitro benzene ring substituents is 1. The maximum Gasteiger partial charge on any atom is 0.299 e. The summed E-state index contributed by atoms with van der Waals surface area (Å²) in [7, 11) is 0. The van der Waals surface area contributed by atoms with Crippen LogP contribution in [-0.2, 0) is 4.74 Å². The molecule has 0 aromatic heterocycles. The van der Waals surface area contributed by atoms with Crippen molar-refractivity contribution in [3.8, 4) is 0 Å². The summed E-state index contributed by atoms with van der Waals surface area (Å²) in [4.78, 5) is 22.3. The zero-order valence-corrected chi connectivity index (χ0v) is 10.3. The standard InChI is InChI=1S/C11H13N3O5/c1-8-7-12(4-5-19-8)10-3-2-9(13(15)16)6-11(10)14(17)18/h2-3,6,8H,4-5,7H2,1H3. The Kier molecular flexibility index (Phi) is 3.61. The highest BCUT2D eigenvalue weighted by Crippen LogP contribution is 2.32. The molecule has 1 saturated heterocycles. The second-order valence-corrected chi connectivity index (χ2v) is 4.31. The molecule has 1 aromatic carbocycles. The first-order chi connectivity index (χ1) is 8.99. The molecule has 0 bridgehead atoms. The molecule has 0 amide bonds. The summed E-state index contributed by atoms with van der Waals surface area (Å²) < 4.78 is 5.37. The number of anilines is 1. The van der Waals surface area contributed by atoms with E-state index in [1.54, 1.807) is 0 Å². The van der Waals surface area contributed by atoms with Crippen LogP contribution in [0.1, 0.15) is 6.92 Å². The van der Waals surface area contributed by atoms with E-state index in [0.29, 0.717) is 25.4 Å². The molecule has 1 aliphatic rings. The highest BCUT2D eigenvalue weighted by atomic mass is 16.6. The molecule has 1 aromatic rings. The van der Waals surface area contributed by atoms with Crippen molar-refractivity contribution in [3.05, 3.63) is 38.4 Å². The van der Waals surface area contributed by atoms with Gasteiger partial charge in [-0.3, -0.25) is 20.2 Å². The third-order valence-corrected chi connectivity index (χ3v) is 2.95. The fraction of sp³-hybridized carbons (Fsp3) is 0.455. The minimum atomic E-state index is -0.640. The van der Waals surface area contributed by atoms with Gasteiger partial charge in [-0.25, -0.2) is 0 Å². The van der Waals surface area contributed by atoms with Gasteiger partial charge in [-0.15, -0.1) is 0 Å². The highest BCUT2D eigenvalue weighted by Gasteiger charge is 2.26. The zero-order chi connectivity index (χ0) is 14.0. The molecule has 0 radical (unpaired) electrons. The summed E-state index contributed by atoms with van der Waals surface area (Å²) in [6.45, 7) is 3.42. The van der Waals surface area contributed by atoms with E-state index >= 15 is 0 Å². The van der Waals surface area contributed by atoms with Crippen molar-refractivity contribution in [2.45, 2.75) is 13.0 Å². The van der Waals surface area contributed by atoms with E-state index in [0.717, 1.165) is 6.07 Å². The van der Waals surface area contributed by atoms with Crippen LogP contribution in [-0.4, -0.2) is 35.6 Å². The fourth-order valence-electron chi connectivity index (χ4n) is 2.08. The summed E-state index contributed by atoms with van der Waals surface area (Å²) in [6, 6.07) is 3.70. The number of benzene rings is 1. The molecular formula is C11H13N3O5. The predicted molar refractivity (Wildman–Crippen MR) is 67.4 cm³/mol. The Morgan fingerprint density at radius 3 is 2.63 bits per heavy atom. The van der Waals surface area contributed by atoms with Crippen molar-refractivity contribution < 1.29 is 14.6 Å². The Morgan fingerprint density at radius 1 is 1.32 bits per heavy atom. The van der Waals surface area contributed by atoms with Crippen LogP contribution in [0.25, 0.3) is 0 Å². The van der Waals surface area contributed by atoms with Crippen LogP contribution in [0, 0.1) is 20.2 Å². The second-order valence-electron chi connectivity index (χ2n) is 4.31. The Labute approximate surface area is 108 Å². The third kappa shape index (κ3) is 2.79. The van der Waals surface area contributed by atoms with Crippen LogP contribution < -0.4 is 4.90 Å². The Bertz CT molecular complexity index is 519. The summed E-state index contributed by atoms with van der Waals surface area (Å²) in [5, 5.41) is 21.7. The maximum atomic E-state index is 11.0. The Morgan fingerprint density at radius 2 is 2.05 bits per heavy atom. The van der Waals surface area contributed by atoms with Crippen molar-refractivity contribution >= 4 is 17.1 Å². The van der Waals surface area contributed by atoms with Gasteiger partial charge in [0.25, 0.3) is 11.4 Å². The smallest absolute Gasteiger partial charge is 0.299 e. The van der Waals surface area contributed by atoms with Crippen molar-refractivity contribution in [2.75, 3.05) is 24.6 Å². The van der Waals surface area contributed by atoms with E-state index in [9.17, 15) is 20.2 Å². The number of nitrogens with zero attached hydrogens (tertiary/aromatic N) is 3. The topological polar surface area (TPSA) is 98.8 Å². The van der Waals surface area contributed by atoms with Gasteiger partial charge in [0.15, 0.2) is 0 Å². The minimum Gasteiger partial charge on any atom is -0.375 e. The van der Waals surface area contributed by atoms with E-state index in [1.807, 2.05) is 11.8 Å². The van der Waals surface area contributed by atoms with E-state index in [4.69, 9.17) is 4.74 Å². The molecule has 0 N–H and O–H groups in total. The quantitative estimate of drug-likeness (QED) is 0.610. The van der Waals surface area contributed by atoms with Gasteiger partial charge in [0.1, 0.15) is 5.69 Å². The molecule has 8 heteroatoms. The Hall–Kier alpha value is -2.22. The monoisotopic (exact) mass is 267 g/mol. The molecule has 1 aliphatic heterocycles. The SMILES string of the molecule is CC1CN(c2ccc([N+](=O)[O-])cc2[N+](=O)[O-])CCO1. The molecule has 1 unspecified atom stereocenters. The average Bonchev–Trinajstić information content (AvgIpc) is 2.37. The lowest BCUT2D eigenvalue weighted by Gasteiger charge is -2.32. The summed E-state index contributed by atoms with van der Waals surface area (Å²) >= 11 is 0. The number of morpholine rings is 1. The van der Waals surface area contributed by atoms with Gasteiger partial charge in [0.2, 0.25) is 0 Å². The number of nitro groups is 2. The van der Waals surface area contributed by atoms with Gasteiger partial charge in [-0.1, -0.05) is 0 Å². The van der Waals surface area contributed by atoms with E-state index in [2.05, 4.69) is 0 Å². The first kappa shape index (κ1) is 13.2. The van der Waals surface area contributed by atoms with Crippen LogP contribution in [0.4, 0.5) is 17.1 Å². The molecule has 2 rings (SSSR count). The lowest BCUT2D eigenvalue weighted by atomic mass is 10.2. The molecule has 1 heterocycles. The number of ether oxygens (including phenoxy) is 1. The van der Waals surface area contributed by atoms with Gasteiger partial charge in [-0.2, -0.15) is 0 Å². The van der Waals surface area contributed by atoms with E-state index in [-0.39, 0.29) is 17.5 Å². The van der Waals surface area contributed by atoms with Crippen LogP contribution in [0.15, 0.2) is 18.2 Å². The normalized spacial score (nSPS) is 19.2. The largest absolute Gasteiger partial charge is 0.375 e.